The lowest BCUT2D eigenvalue weighted by Gasteiger charge is -2.14. The third-order valence-corrected chi connectivity index (χ3v) is 6.30. The van der Waals surface area contributed by atoms with Crippen LogP contribution < -0.4 is 21.3 Å². The Bertz CT molecular complexity index is 1760. The van der Waals surface area contributed by atoms with Crippen molar-refractivity contribution >= 4 is 45.5 Å². The number of aromatic nitrogens is 2. The SMILES string of the molecule is C#CCNc1nc(Nc2cccc([SH](=N)=O)c2)ncc1-c1ccc(NC(=O)Nc2cc(C(F)(F)F)ccc2F)c(F)c1. The fourth-order valence-electron chi connectivity index (χ4n) is 3.62. The van der Waals surface area contributed by atoms with Crippen LogP contribution in [0.3, 0.4) is 0 Å². The Kier molecular flexibility index (Phi) is 8.87. The van der Waals surface area contributed by atoms with Gasteiger partial charge < -0.3 is 21.3 Å². The molecule has 0 saturated heterocycles. The summed E-state index contributed by atoms with van der Waals surface area (Å²) in [4.78, 5) is 21.2. The molecule has 0 aliphatic heterocycles. The predicted octanol–water partition coefficient (Wildman–Crippen LogP) is 6.48. The van der Waals surface area contributed by atoms with Crippen molar-refractivity contribution in [3.63, 3.8) is 0 Å². The smallest absolute Gasteiger partial charge is 0.358 e. The third-order valence-electron chi connectivity index (χ3n) is 5.55. The molecule has 0 aliphatic rings. The number of alkyl halides is 3. The van der Waals surface area contributed by atoms with Crippen molar-refractivity contribution in [1.82, 2.24) is 9.97 Å². The number of urea groups is 1. The van der Waals surface area contributed by atoms with Gasteiger partial charge in [0.05, 0.1) is 34.1 Å². The van der Waals surface area contributed by atoms with Crippen molar-refractivity contribution in [2.75, 3.05) is 27.8 Å². The number of nitrogens with zero attached hydrogens (tertiary/aromatic N) is 2. The molecule has 42 heavy (non-hydrogen) atoms. The van der Waals surface area contributed by atoms with Crippen LogP contribution in [0.1, 0.15) is 5.56 Å². The molecule has 3 aromatic carbocycles. The minimum atomic E-state index is -4.76. The molecule has 1 unspecified atom stereocenters. The van der Waals surface area contributed by atoms with Gasteiger partial charge >= 0.3 is 12.2 Å². The van der Waals surface area contributed by atoms with Crippen molar-refractivity contribution in [3.8, 4) is 23.5 Å². The third kappa shape index (κ3) is 7.29. The quantitative estimate of drug-likeness (QED) is 0.0779. The van der Waals surface area contributed by atoms with Crippen LogP contribution in [0.5, 0.6) is 0 Å². The molecule has 2 amide bonds. The molecule has 4 rings (SSSR count). The maximum Gasteiger partial charge on any atom is 0.416 e. The highest BCUT2D eigenvalue weighted by Gasteiger charge is 2.31. The number of halogens is 5. The molecular formula is C27H20F5N7O2S. The van der Waals surface area contributed by atoms with E-state index in [1.807, 2.05) is 5.32 Å². The Balaban J connectivity index is 1.55. The number of anilines is 5. The zero-order valence-electron chi connectivity index (χ0n) is 21.2. The number of terminal acetylenes is 1. The topological polar surface area (TPSA) is 132 Å². The highest BCUT2D eigenvalue weighted by molar-refractivity contribution is 7.73. The molecule has 0 radical (unpaired) electrons. The minimum Gasteiger partial charge on any atom is -0.358 e. The molecule has 1 heterocycles. The van der Waals surface area contributed by atoms with E-state index in [9.17, 15) is 31.0 Å². The second kappa shape index (κ2) is 12.5. The Hall–Kier alpha value is -5.23. The Labute approximate surface area is 237 Å². The van der Waals surface area contributed by atoms with Gasteiger partial charge in [-0.3, -0.25) is 4.78 Å². The largest absolute Gasteiger partial charge is 0.416 e. The van der Waals surface area contributed by atoms with Crippen LogP contribution in [-0.2, 0) is 16.8 Å². The summed E-state index contributed by atoms with van der Waals surface area (Å²) in [7, 11) is -2.31. The van der Waals surface area contributed by atoms with Gasteiger partial charge in [0.15, 0.2) is 0 Å². The molecular weight excluding hydrogens is 581 g/mol. The van der Waals surface area contributed by atoms with Crippen LogP contribution in [0.4, 0.5) is 55.6 Å². The fourth-order valence-corrected chi connectivity index (χ4v) is 4.10. The number of benzene rings is 3. The standard InChI is InChI=1S/C27H20F5N7O2S/c1-2-10-34-24-19(14-35-25(39-24)36-17-4-3-5-18(13-17)42(33)41)15-6-9-22(21(29)11-15)37-26(40)38-23-12-16(27(30,31)32)7-8-20(23)28/h1,3-9,11-14,33,42H,10H2,(H2,37,38,40)(H2,34,35,36,39). The Morgan fingerprint density at radius 2 is 1.76 bits per heavy atom. The van der Waals surface area contributed by atoms with Crippen molar-refractivity contribution in [2.24, 2.45) is 0 Å². The van der Waals surface area contributed by atoms with Crippen LogP contribution >= 0.6 is 0 Å². The molecule has 15 heteroatoms. The first-order chi connectivity index (χ1) is 19.9. The van der Waals surface area contributed by atoms with E-state index in [0.29, 0.717) is 34.3 Å². The number of thiol groups is 1. The van der Waals surface area contributed by atoms with E-state index in [2.05, 4.69) is 31.8 Å². The van der Waals surface area contributed by atoms with Gasteiger partial charge in [0.2, 0.25) is 5.95 Å². The van der Waals surface area contributed by atoms with E-state index in [-0.39, 0.29) is 29.6 Å². The first kappa shape index (κ1) is 29.7. The summed E-state index contributed by atoms with van der Waals surface area (Å²) >= 11 is 0. The van der Waals surface area contributed by atoms with E-state index in [1.165, 1.54) is 24.4 Å². The van der Waals surface area contributed by atoms with Gasteiger partial charge in [0, 0.05) is 22.3 Å². The van der Waals surface area contributed by atoms with Gasteiger partial charge in [-0.15, -0.1) is 6.42 Å². The van der Waals surface area contributed by atoms with E-state index in [4.69, 9.17) is 11.2 Å². The second-order valence-corrected chi connectivity index (χ2v) is 9.55. The van der Waals surface area contributed by atoms with E-state index in [1.54, 1.807) is 18.2 Å². The molecule has 9 nitrogen and oxygen atoms in total. The summed E-state index contributed by atoms with van der Waals surface area (Å²) in [5.41, 5.74) is -1.17. The highest BCUT2D eigenvalue weighted by Crippen LogP contribution is 2.33. The molecule has 216 valence electrons. The summed E-state index contributed by atoms with van der Waals surface area (Å²) in [6.45, 7) is 0.0622. The average Bonchev–Trinajstić information content (AvgIpc) is 2.94. The molecule has 0 bridgehead atoms. The van der Waals surface area contributed by atoms with E-state index < -0.39 is 45.7 Å². The Morgan fingerprint density at radius 1 is 1.00 bits per heavy atom. The summed E-state index contributed by atoms with van der Waals surface area (Å²) < 4.78 is 86.6. The van der Waals surface area contributed by atoms with Crippen LogP contribution in [0, 0.1) is 28.8 Å². The van der Waals surface area contributed by atoms with Crippen LogP contribution in [-0.4, -0.2) is 26.8 Å². The van der Waals surface area contributed by atoms with Gasteiger partial charge in [0.25, 0.3) is 0 Å². The molecule has 0 spiro atoms. The van der Waals surface area contributed by atoms with Gasteiger partial charge in [0.1, 0.15) is 17.5 Å². The van der Waals surface area contributed by atoms with Crippen molar-refractivity contribution in [2.45, 2.75) is 11.1 Å². The minimum absolute atomic E-state index is 0.0622. The van der Waals surface area contributed by atoms with Gasteiger partial charge in [-0.25, -0.2) is 22.8 Å². The lowest BCUT2D eigenvalue weighted by atomic mass is 10.1. The molecule has 4 aromatic rings. The number of nitrogens with one attached hydrogen (secondary N) is 5. The van der Waals surface area contributed by atoms with Gasteiger partial charge in [-0.05, 0) is 54.1 Å². The summed E-state index contributed by atoms with van der Waals surface area (Å²) in [5.74, 6) is 0.714. The average molecular weight is 602 g/mol. The second-order valence-electron chi connectivity index (χ2n) is 8.45. The zero-order chi connectivity index (χ0) is 30.4. The molecule has 0 fully saturated rings. The van der Waals surface area contributed by atoms with E-state index in [0.717, 1.165) is 6.07 Å². The molecule has 0 aliphatic carbocycles. The molecule has 5 N–H and O–H groups in total. The van der Waals surface area contributed by atoms with Crippen LogP contribution in [0.2, 0.25) is 0 Å². The molecule has 1 aromatic heterocycles. The number of rotatable bonds is 8. The molecule has 0 saturated carbocycles. The van der Waals surface area contributed by atoms with Crippen molar-refractivity contribution < 1.29 is 31.0 Å². The monoisotopic (exact) mass is 601 g/mol. The first-order valence-electron chi connectivity index (χ1n) is 11.8. The van der Waals surface area contributed by atoms with E-state index >= 15 is 0 Å². The summed E-state index contributed by atoms with van der Waals surface area (Å²) in [6.07, 6.45) is 1.98. The number of amides is 2. The van der Waals surface area contributed by atoms with Crippen LogP contribution in [0.25, 0.3) is 11.1 Å². The molecule has 1 atom stereocenters. The van der Waals surface area contributed by atoms with Crippen molar-refractivity contribution in [1.29, 1.82) is 4.78 Å². The number of hydrogen-bond donors (Lipinski definition) is 6. The lowest BCUT2D eigenvalue weighted by Crippen LogP contribution is -2.21. The maximum absolute atomic E-state index is 15.0. The summed E-state index contributed by atoms with van der Waals surface area (Å²) in [5, 5.41) is 9.91. The van der Waals surface area contributed by atoms with Gasteiger partial charge in [-0.2, -0.15) is 18.2 Å². The Morgan fingerprint density at radius 3 is 2.45 bits per heavy atom. The normalized spacial score (nSPS) is 11.7. The predicted molar refractivity (Wildman–Crippen MR) is 149 cm³/mol. The van der Waals surface area contributed by atoms with Crippen molar-refractivity contribution in [3.05, 3.63) is 84.1 Å². The number of carbonyl (C=O) groups excluding carboxylic acids is 1. The first-order valence-corrected chi connectivity index (χ1v) is 13.0. The highest BCUT2D eigenvalue weighted by atomic mass is 32.2. The zero-order valence-corrected chi connectivity index (χ0v) is 22.1. The van der Waals surface area contributed by atoms with Gasteiger partial charge in [-0.1, -0.05) is 18.1 Å². The lowest BCUT2D eigenvalue weighted by molar-refractivity contribution is -0.137. The number of carbonyl (C=O) groups is 1. The number of hydrogen-bond acceptors (Lipinski definition) is 7. The summed E-state index contributed by atoms with van der Waals surface area (Å²) in [6, 6.07) is 10.3. The van der Waals surface area contributed by atoms with Crippen LogP contribution in [0.15, 0.2) is 71.8 Å². The fraction of sp³-hybridized carbons (Fsp3) is 0.0741. The maximum atomic E-state index is 15.0.